The summed E-state index contributed by atoms with van der Waals surface area (Å²) in [5.74, 6) is 1.41. The van der Waals surface area contributed by atoms with Gasteiger partial charge in [-0.3, -0.25) is 0 Å². The number of ether oxygens (including phenoxy) is 1. The number of hydrogen-bond donors (Lipinski definition) is 0. The molecule has 1 aromatic heterocycles. The van der Waals surface area contributed by atoms with Gasteiger partial charge >= 0.3 is 0 Å². The largest absolute Gasteiger partial charge is 0.439 e. The lowest BCUT2D eigenvalue weighted by Gasteiger charge is -2.04. The Morgan fingerprint density at radius 3 is 2.73 bits per heavy atom. The fourth-order valence-corrected chi connectivity index (χ4v) is 1.46. The number of halogens is 1. The minimum absolute atomic E-state index is 0.601. The Hall–Kier alpha value is -1.35. The third kappa shape index (κ3) is 2.80. The molecule has 0 saturated heterocycles. The van der Waals surface area contributed by atoms with Crippen molar-refractivity contribution in [3.05, 3.63) is 52.6 Å². The molecule has 0 radical (unpaired) electrons. The van der Waals surface area contributed by atoms with Crippen LogP contribution in [-0.4, -0.2) is 4.98 Å². The maximum absolute atomic E-state index is 5.58. The molecule has 2 rings (SSSR count). The van der Waals surface area contributed by atoms with Crippen LogP contribution in [0.4, 0.5) is 0 Å². The zero-order valence-electron chi connectivity index (χ0n) is 8.27. The Bertz CT molecular complexity index is 453. The lowest BCUT2D eigenvalue weighted by atomic mass is 10.2. The number of rotatable bonds is 2. The molecule has 0 atom stereocenters. The number of benzene rings is 1. The quantitative estimate of drug-likeness (QED) is 0.819. The van der Waals surface area contributed by atoms with Crippen LogP contribution in [-0.2, 0) is 0 Å². The van der Waals surface area contributed by atoms with Gasteiger partial charge in [-0.25, -0.2) is 4.98 Å². The molecule has 15 heavy (non-hydrogen) atoms. The normalized spacial score (nSPS) is 10.0. The fourth-order valence-electron chi connectivity index (χ4n) is 1.22. The van der Waals surface area contributed by atoms with Crippen molar-refractivity contribution in [2.45, 2.75) is 6.92 Å². The first kappa shape index (κ1) is 10.2. The Morgan fingerprint density at radius 2 is 2.07 bits per heavy atom. The molecule has 2 nitrogen and oxygen atoms in total. The Morgan fingerprint density at radius 1 is 1.20 bits per heavy atom. The molecule has 0 spiro atoms. The second-order valence-electron chi connectivity index (χ2n) is 3.23. The Labute approximate surface area is 97.1 Å². The van der Waals surface area contributed by atoms with Crippen molar-refractivity contribution in [3.8, 4) is 11.6 Å². The number of hydrogen-bond acceptors (Lipinski definition) is 2. The summed E-state index contributed by atoms with van der Waals surface area (Å²) in [6.45, 7) is 2.03. The summed E-state index contributed by atoms with van der Waals surface area (Å²) in [6.07, 6.45) is 1.71. The minimum atomic E-state index is 0.601. The molecule has 76 valence electrons. The maximum Gasteiger partial charge on any atom is 0.219 e. The van der Waals surface area contributed by atoms with Gasteiger partial charge < -0.3 is 4.74 Å². The van der Waals surface area contributed by atoms with Crippen molar-refractivity contribution in [2.75, 3.05) is 0 Å². The van der Waals surface area contributed by atoms with E-state index in [0.29, 0.717) is 5.88 Å². The van der Waals surface area contributed by atoms with Gasteiger partial charge in [-0.05, 0) is 46.6 Å². The molecule has 0 amide bonds. The molecule has 0 fully saturated rings. The molecule has 0 saturated carbocycles. The highest BCUT2D eigenvalue weighted by atomic mass is 79.9. The predicted molar refractivity (Wildman–Crippen MR) is 63.2 cm³/mol. The summed E-state index contributed by atoms with van der Waals surface area (Å²) in [5, 5.41) is 0. The zero-order valence-corrected chi connectivity index (χ0v) is 9.86. The minimum Gasteiger partial charge on any atom is -0.439 e. The number of pyridine rings is 1. The van der Waals surface area contributed by atoms with Gasteiger partial charge in [-0.2, -0.15) is 0 Å². The third-order valence-corrected chi connectivity index (χ3v) is 2.38. The summed E-state index contributed by atoms with van der Waals surface area (Å²) in [6, 6.07) is 11.6. The lowest BCUT2D eigenvalue weighted by Crippen LogP contribution is -1.87. The van der Waals surface area contributed by atoms with Gasteiger partial charge in [-0.15, -0.1) is 0 Å². The molecule has 0 bridgehead atoms. The molecule has 3 heteroatoms. The first-order valence-corrected chi connectivity index (χ1v) is 5.39. The number of nitrogens with zero attached hydrogens (tertiary/aromatic N) is 1. The molecule has 0 N–H and O–H groups in total. The van der Waals surface area contributed by atoms with Crippen molar-refractivity contribution in [2.24, 2.45) is 0 Å². The van der Waals surface area contributed by atoms with E-state index < -0.39 is 0 Å². The van der Waals surface area contributed by atoms with Gasteiger partial charge in [0.15, 0.2) is 0 Å². The van der Waals surface area contributed by atoms with E-state index in [4.69, 9.17) is 4.74 Å². The van der Waals surface area contributed by atoms with Gasteiger partial charge in [-0.1, -0.05) is 12.1 Å². The molecule has 0 unspecified atom stereocenters. The second-order valence-corrected chi connectivity index (χ2v) is 4.15. The van der Waals surface area contributed by atoms with E-state index in [9.17, 15) is 0 Å². The number of aryl methyl sites for hydroxylation is 1. The molecule has 1 heterocycles. The van der Waals surface area contributed by atoms with Crippen LogP contribution in [0.15, 0.2) is 47.1 Å². The molecular weight excluding hydrogens is 254 g/mol. The van der Waals surface area contributed by atoms with Gasteiger partial charge in [0.05, 0.1) is 0 Å². The Kier molecular flexibility index (Phi) is 3.02. The van der Waals surface area contributed by atoms with Crippen molar-refractivity contribution >= 4 is 15.9 Å². The summed E-state index contributed by atoms with van der Waals surface area (Å²) < 4.78 is 6.53. The van der Waals surface area contributed by atoms with E-state index in [1.54, 1.807) is 6.20 Å². The second kappa shape index (κ2) is 4.45. The monoisotopic (exact) mass is 263 g/mol. The average molecular weight is 264 g/mol. The van der Waals surface area contributed by atoms with Gasteiger partial charge in [0, 0.05) is 16.7 Å². The van der Waals surface area contributed by atoms with E-state index >= 15 is 0 Å². The topological polar surface area (TPSA) is 22.1 Å². The van der Waals surface area contributed by atoms with E-state index in [2.05, 4.69) is 20.9 Å². The molecule has 2 aromatic rings. The predicted octanol–water partition coefficient (Wildman–Crippen LogP) is 3.94. The molecule has 0 aliphatic rings. The maximum atomic E-state index is 5.58. The van der Waals surface area contributed by atoms with E-state index in [1.807, 2.05) is 43.3 Å². The number of aromatic nitrogens is 1. The van der Waals surface area contributed by atoms with Crippen LogP contribution in [0.1, 0.15) is 5.56 Å². The summed E-state index contributed by atoms with van der Waals surface area (Å²) >= 11 is 3.32. The van der Waals surface area contributed by atoms with Crippen LogP contribution in [0.25, 0.3) is 0 Å². The fraction of sp³-hybridized carbons (Fsp3) is 0.0833. The van der Waals surface area contributed by atoms with Crippen LogP contribution < -0.4 is 4.74 Å². The van der Waals surface area contributed by atoms with E-state index in [1.165, 1.54) is 5.56 Å². The smallest absolute Gasteiger partial charge is 0.219 e. The van der Waals surface area contributed by atoms with Crippen molar-refractivity contribution in [1.29, 1.82) is 0 Å². The average Bonchev–Trinajstić information content (AvgIpc) is 2.22. The first-order valence-electron chi connectivity index (χ1n) is 4.60. The molecule has 0 aliphatic heterocycles. The van der Waals surface area contributed by atoms with Crippen LogP contribution >= 0.6 is 15.9 Å². The van der Waals surface area contributed by atoms with Crippen molar-refractivity contribution in [3.63, 3.8) is 0 Å². The van der Waals surface area contributed by atoms with E-state index in [-0.39, 0.29) is 0 Å². The third-order valence-electron chi connectivity index (χ3n) is 1.91. The SMILES string of the molecule is Cc1cccc(Oc2ccc(Br)cn2)c1. The summed E-state index contributed by atoms with van der Waals surface area (Å²) in [7, 11) is 0. The zero-order chi connectivity index (χ0) is 10.7. The highest BCUT2D eigenvalue weighted by Crippen LogP contribution is 2.21. The standard InChI is InChI=1S/C12H10BrNO/c1-9-3-2-4-11(7-9)15-12-6-5-10(13)8-14-12/h2-8H,1H3. The highest BCUT2D eigenvalue weighted by Gasteiger charge is 1.98. The molecule has 0 aliphatic carbocycles. The lowest BCUT2D eigenvalue weighted by molar-refractivity contribution is 0.462. The van der Waals surface area contributed by atoms with Crippen LogP contribution in [0.5, 0.6) is 11.6 Å². The molecule has 1 aromatic carbocycles. The van der Waals surface area contributed by atoms with Gasteiger partial charge in [0.25, 0.3) is 0 Å². The van der Waals surface area contributed by atoms with Gasteiger partial charge in [0.1, 0.15) is 5.75 Å². The highest BCUT2D eigenvalue weighted by molar-refractivity contribution is 9.10. The summed E-state index contributed by atoms with van der Waals surface area (Å²) in [4.78, 5) is 4.13. The first-order chi connectivity index (χ1) is 7.24. The van der Waals surface area contributed by atoms with Crippen molar-refractivity contribution in [1.82, 2.24) is 4.98 Å². The molecular formula is C12H10BrNO. The summed E-state index contributed by atoms with van der Waals surface area (Å²) in [5.41, 5.74) is 1.17. The van der Waals surface area contributed by atoms with Crippen LogP contribution in [0, 0.1) is 6.92 Å². The van der Waals surface area contributed by atoms with E-state index in [0.717, 1.165) is 10.2 Å². The van der Waals surface area contributed by atoms with Gasteiger partial charge in [0.2, 0.25) is 5.88 Å². The Balaban J connectivity index is 2.18. The van der Waals surface area contributed by atoms with Crippen LogP contribution in [0.3, 0.4) is 0 Å². The van der Waals surface area contributed by atoms with Crippen LogP contribution in [0.2, 0.25) is 0 Å². The van der Waals surface area contributed by atoms with Crippen molar-refractivity contribution < 1.29 is 4.74 Å².